The topological polar surface area (TPSA) is 50.7 Å². The molecule has 2 aromatic rings. The fourth-order valence-electron chi connectivity index (χ4n) is 1.25. The number of anilines is 1. The summed E-state index contributed by atoms with van der Waals surface area (Å²) in [5.41, 5.74) is 0. The van der Waals surface area contributed by atoms with Crippen LogP contribution in [-0.2, 0) is 0 Å². The van der Waals surface area contributed by atoms with Crippen LogP contribution in [0.4, 0.5) is 5.82 Å². The Hall–Kier alpha value is -1.62. The van der Waals surface area contributed by atoms with Crippen LogP contribution in [-0.4, -0.2) is 21.5 Å². The highest BCUT2D eigenvalue weighted by Gasteiger charge is 2.01. The van der Waals surface area contributed by atoms with Gasteiger partial charge in [0.1, 0.15) is 10.8 Å². The van der Waals surface area contributed by atoms with Crippen LogP contribution in [0.15, 0.2) is 46.8 Å². The summed E-state index contributed by atoms with van der Waals surface area (Å²) in [7, 11) is 0. The van der Waals surface area contributed by atoms with Crippen molar-refractivity contribution in [1.82, 2.24) is 15.0 Å². The summed E-state index contributed by atoms with van der Waals surface area (Å²) in [5.74, 6) is 0.896. The van der Waals surface area contributed by atoms with Gasteiger partial charge in [-0.1, -0.05) is 13.0 Å². The van der Waals surface area contributed by atoms with Gasteiger partial charge in [-0.3, -0.25) is 0 Å². The number of nitrogens with zero attached hydrogens (tertiary/aromatic N) is 3. The molecular weight excluding hydrogens is 232 g/mol. The van der Waals surface area contributed by atoms with E-state index in [0.717, 1.165) is 23.8 Å². The van der Waals surface area contributed by atoms with E-state index >= 15 is 0 Å². The molecule has 0 aliphatic carbocycles. The van der Waals surface area contributed by atoms with Gasteiger partial charge in [-0.25, -0.2) is 15.0 Å². The van der Waals surface area contributed by atoms with Crippen molar-refractivity contribution >= 4 is 17.6 Å². The fraction of sp³-hybridized carbons (Fsp3) is 0.250. The maximum Gasteiger partial charge on any atom is 0.193 e. The molecule has 0 amide bonds. The van der Waals surface area contributed by atoms with Gasteiger partial charge in [0.15, 0.2) is 5.16 Å². The molecule has 0 aliphatic rings. The Morgan fingerprint density at radius 2 is 2.00 bits per heavy atom. The molecule has 2 aromatic heterocycles. The van der Waals surface area contributed by atoms with E-state index in [9.17, 15) is 0 Å². The molecule has 0 radical (unpaired) electrons. The lowest BCUT2D eigenvalue weighted by molar-refractivity contribution is 0.948. The molecule has 0 unspecified atom stereocenters. The molecule has 88 valence electrons. The van der Waals surface area contributed by atoms with Crippen molar-refractivity contribution in [1.29, 1.82) is 0 Å². The third-order valence-electron chi connectivity index (χ3n) is 2.02. The molecule has 0 saturated carbocycles. The first kappa shape index (κ1) is 11.9. The summed E-state index contributed by atoms with van der Waals surface area (Å²) in [4.78, 5) is 12.8. The molecule has 2 rings (SSSR count). The number of rotatable bonds is 5. The minimum absolute atomic E-state index is 0.715. The van der Waals surface area contributed by atoms with E-state index < -0.39 is 0 Å². The lowest BCUT2D eigenvalue weighted by Crippen LogP contribution is -2.01. The summed E-state index contributed by atoms with van der Waals surface area (Å²) in [6.45, 7) is 3.06. The van der Waals surface area contributed by atoms with Crippen molar-refractivity contribution in [3.63, 3.8) is 0 Å². The minimum Gasteiger partial charge on any atom is -0.370 e. The molecule has 4 nitrogen and oxygen atoms in total. The second-order valence-corrected chi connectivity index (χ2v) is 4.41. The minimum atomic E-state index is 0.715. The highest BCUT2D eigenvalue weighted by Crippen LogP contribution is 2.22. The van der Waals surface area contributed by atoms with E-state index in [1.54, 1.807) is 18.5 Å². The van der Waals surface area contributed by atoms with Crippen LogP contribution < -0.4 is 5.32 Å². The fourth-order valence-corrected chi connectivity index (χ4v) is 1.96. The SMILES string of the molecule is CCCNc1cccc(Sc2ncccn2)n1. The first-order chi connectivity index (χ1) is 8.38. The van der Waals surface area contributed by atoms with Crippen LogP contribution in [0.3, 0.4) is 0 Å². The van der Waals surface area contributed by atoms with E-state index in [1.807, 2.05) is 18.2 Å². The quantitative estimate of drug-likeness (QED) is 0.822. The van der Waals surface area contributed by atoms with Crippen LogP contribution in [0.25, 0.3) is 0 Å². The lowest BCUT2D eigenvalue weighted by Gasteiger charge is -2.05. The van der Waals surface area contributed by atoms with Gasteiger partial charge in [0.25, 0.3) is 0 Å². The Balaban J connectivity index is 2.06. The predicted molar refractivity (Wildman–Crippen MR) is 69.2 cm³/mol. The van der Waals surface area contributed by atoms with Gasteiger partial charge in [0.05, 0.1) is 0 Å². The van der Waals surface area contributed by atoms with Crippen LogP contribution in [0.1, 0.15) is 13.3 Å². The summed E-state index contributed by atoms with van der Waals surface area (Å²) >= 11 is 1.46. The summed E-state index contributed by atoms with van der Waals surface area (Å²) in [6, 6.07) is 7.71. The van der Waals surface area contributed by atoms with Crippen molar-refractivity contribution in [3.8, 4) is 0 Å². The largest absolute Gasteiger partial charge is 0.370 e. The standard InChI is InChI=1S/C12H14N4S/c1-2-7-13-10-5-3-6-11(16-10)17-12-14-8-4-9-15-12/h3-6,8-9H,2,7H2,1H3,(H,13,16). The van der Waals surface area contributed by atoms with Crippen molar-refractivity contribution < 1.29 is 0 Å². The zero-order valence-corrected chi connectivity index (χ0v) is 10.4. The highest BCUT2D eigenvalue weighted by atomic mass is 32.2. The molecule has 17 heavy (non-hydrogen) atoms. The molecule has 1 N–H and O–H groups in total. The average molecular weight is 246 g/mol. The third-order valence-corrected chi connectivity index (χ3v) is 2.85. The molecule has 0 aromatic carbocycles. The Bertz CT molecular complexity index is 461. The molecule has 0 spiro atoms. The van der Waals surface area contributed by atoms with Gasteiger partial charge < -0.3 is 5.32 Å². The molecule has 0 bridgehead atoms. The van der Waals surface area contributed by atoms with E-state index in [-0.39, 0.29) is 0 Å². The molecule has 0 aliphatic heterocycles. The van der Waals surface area contributed by atoms with E-state index in [2.05, 4.69) is 27.2 Å². The number of pyridine rings is 1. The predicted octanol–water partition coefficient (Wildman–Crippen LogP) is 2.84. The normalized spacial score (nSPS) is 10.2. The van der Waals surface area contributed by atoms with E-state index in [1.165, 1.54) is 11.8 Å². The first-order valence-corrected chi connectivity index (χ1v) is 6.36. The highest BCUT2D eigenvalue weighted by molar-refractivity contribution is 7.99. The van der Waals surface area contributed by atoms with Crippen molar-refractivity contribution in [2.24, 2.45) is 0 Å². The lowest BCUT2D eigenvalue weighted by atomic mass is 10.4. The van der Waals surface area contributed by atoms with Crippen LogP contribution in [0, 0.1) is 0 Å². The van der Waals surface area contributed by atoms with E-state index in [4.69, 9.17) is 0 Å². The molecule has 0 fully saturated rings. The zero-order chi connectivity index (χ0) is 11.9. The maximum absolute atomic E-state index is 4.48. The van der Waals surface area contributed by atoms with E-state index in [0.29, 0.717) is 5.16 Å². The van der Waals surface area contributed by atoms with Gasteiger partial charge in [-0.15, -0.1) is 0 Å². The summed E-state index contributed by atoms with van der Waals surface area (Å²) < 4.78 is 0. The van der Waals surface area contributed by atoms with Gasteiger partial charge in [-0.05, 0) is 36.4 Å². The zero-order valence-electron chi connectivity index (χ0n) is 9.63. The molecule has 0 saturated heterocycles. The van der Waals surface area contributed by atoms with Gasteiger partial charge in [0, 0.05) is 18.9 Å². The van der Waals surface area contributed by atoms with Crippen LogP contribution in [0.2, 0.25) is 0 Å². The number of nitrogens with one attached hydrogen (secondary N) is 1. The van der Waals surface area contributed by atoms with Crippen molar-refractivity contribution in [2.75, 3.05) is 11.9 Å². The first-order valence-electron chi connectivity index (χ1n) is 5.54. The Labute approximate surface area is 105 Å². The van der Waals surface area contributed by atoms with Gasteiger partial charge >= 0.3 is 0 Å². The average Bonchev–Trinajstić information content (AvgIpc) is 2.38. The third kappa shape index (κ3) is 3.71. The summed E-state index contributed by atoms with van der Waals surface area (Å²) in [5, 5.41) is 4.87. The molecule has 5 heteroatoms. The number of hydrogen-bond donors (Lipinski definition) is 1. The maximum atomic E-state index is 4.48. The second-order valence-electron chi connectivity index (χ2n) is 3.42. The van der Waals surface area contributed by atoms with Gasteiger partial charge in [-0.2, -0.15) is 0 Å². The Kier molecular flexibility index (Phi) is 4.32. The molecule has 2 heterocycles. The van der Waals surface area contributed by atoms with Crippen LogP contribution in [0.5, 0.6) is 0 Å². The second kappa shape index (κ2) is 6.20. The van der Waals surface area contributed by atoms with Crippen LogP contribution >= 0.6 is 11.8 Å². The monoisotopic (exact) mass is 246 g/mol. The Morgan fingerprint density at radius 3 is 2.76 bits per heavy atom. The Morgan fingerprint density at radius 1 is 1.18 bits per heavy atom. The molecule has 0 atom stereocenters. The number of hydrogen-bond acceptors (Lipinski definition) is 5. The summed E-state index contributed by atoms with van der Waals surface area (Å²) in [6.07, 6.45) is 4.55. The van der Waals surface area contributed by atoms with Crippen molar-refractivity contribution in [2.45, 2.75) is 23.5 Å². The van der Waals surface area contributed by atoms with Crippen molar-refractivity contribution in [3.05, 3.63) is 36.7 Å². The molecular formula is C12H14N4S. The number of aromatic nitrogens is 3. The van der Waals surface area contributed by atoms with Gasteiger partial charge in [0.2, 0.25) is 0 Å². The smallest absolute Gasteiger partial charge is 0.193 e.